The molecule has 5 nitrogen and oxygen atoms in total. The van der Waals surface area contributed by atoms with E-state index in [0.717, 1.165) is 11.6 Å². The summed E-state index contributed by atoms with van der Waals surface area (Å²) in [5.41, 5.74) is 1.01. The lowest BCUT2D eigenvalue weighted by Gasteiger charge is -2.18. The number of alkyl halides is 3. The normalized spacial score (nSPS) is 18.3. The lowest BCUT2D eigenvalue weighted by Crippen LogP contribution is -2.28. The fourth-order valence-electron chi connectivity index (χ4n) is 5.21. The number of halogens is 4. The largest absolute Gasteiger partial charge is 0.418 e. The lowest BCUT2D eigenvalue weighted by atomic mass is 9.90. The molecule has 2 atom stereocenters. The summed E-state index contributed by atoms with van der Waals surface area (Å²) in [6.07, 6.45) is 1.48. The van der Waals surface area contributed by atoms with Crippen LogP contribution in [0.4, 0.5) is 17.6 Å². The van der Waals surface area contributed by atoms with Gasteiger partial charge < -0.3 is 0 Å². The van der Waals surface area contributed by atoms with Gasteiger partial charge in [-0.25, -0.2) is 9.37 Å². The van der Waals surface area contributed by atoms with Crippen molar-refractivity contribution in [3.8, 4) is 0 Å². The molecule has 4 aromatic rings. The van der Waals surface area contributed by atoms with Gasteiger partial charge in [-0.1, -0.05) is 12.1 Å². The topological polar surface area (TPSA) is 60.7 Å². The average molecular weight is 482 g/mol. The molecular weight excluding hydrogens is 460 g/mol. The molecule has 9 heteroatoms. The van der Waals surface area contributed by atoms with Crippen LogP contribution in [0.5, 0.6) is 0 Å². The minimum Gasteiger partial charge on any atom is -0.285 e. The van der Waals surface area contributed by atoms with Crippen LogP contribution < -0.4 is 5.56 Å². The summed E-state index contributed by atoms with van der Waals surface area (Å²) in [5.74, 6) is -0.471. The second kappa shape index (κ2) is 8.87. The van der Waals surface area contributed by atoms with Gasteiger partial charge in [0.15, 0.2) is 5.65 Å². The predicted octanol–water partition coefficient (Wildman–Crippen LogP) is 5.75. The van der Waals surface area contributed by atoms with Crippen LogP contribution in [0.15, 0.2) is 59.8 Å². The maximum atomic E-state index is 14.6. The molecule has 1 saturated carbocycles. The van der Waals surface area contributed by atoms with Gasteiger partial charge in [0.05, 0.1) is 17.8 Å². The number of pyridine rings is 2. The van der Waals surface area contributed by atoms with Crippen molar-refractivity contribution in [1.29, 1.82) is 0 Å². The second-order valence-electron chi connectivity index (χ2n) is 8.93. The van der Waals surface area contributed by atoms with Gasteiger partial charge in [0.1, 0.15) is 11.3 Å². The summed E-state index contributed by atoms with van der Waals surface area (Å²) in [6.45, 7) is 1.48. The Hall–Kier alpha value is -3.62. The molecule has 0 saturated heterocycles. The molecule has 5 rings (SSSR count). The van der Waals surface area contributed by atoms with Crippen LogP contribution in [0.25, 0.3) is 11.2 Å². The Morgan fingerprint density at radius 3 is 2.54 bits per heavy atom. The number of nitrogens with zero attached hydrogens (tertiary/aromatic N) is 4. The van der Waals surface area contributed by atoms with Gasteiger partial charge in [-0.2, -0.15) is 13.2 Å². The molecule has 0 aliphatic heterocycles. The Balaban J connectivity index is 1.57. The third-order valence-corrected chi connectivity index (χ3v) is 6.80. The Kier molecular flexibility index (Phi) is 5.86. The van der Waals surface area contributed by atoms with Crippen molar-refractivity contribution >= 4 is 11.2 Å². The maximum Gasteiger partial charge on any atom is 0.418 e. The van der Waals surface area contributed by atoms with Crippen molar-refractivity contribution in [3.63, 3.8) is 0 Å². The van der Waals surface area contributed by atoms with Crippen molar-refractivity contribution in [1.82, 2.24) is 19.5 Å². The van der Waals surface area contributed by atoms with Crippen molar-refractivity contribution in [2.75, 3.05) is 0 Å². The quantitative estimate of drug-likeness (QED) is 0.348. The summed E-state index contributed by atoms with van der Waals surface area (Å²) in [7, 11) is 0. The van der Waals surface area contributed by atoms with E-state index in [1.54, 1.807) is 12.1 Å². The summed E-state index contributed by atoms with van der Waals surface area (Å²) in [5, 5.41) is 0. The Morgan fingerprint density at radius 2 is 1.77 bits per heavy atom. The molecule has 35 heavy (non-hydrogen) atoms. The molecule has 1 aliphatic rings. The summed E-state index contributed by atoms with van der Waals surface area (Å²) in [6, 6.07) is 8.82. The summed E-state index contributed by atoms with van der Waals surface area (Å²) < 4.78 is 56.5. The second-order valence-corrected chi connectivity index (χ2v) is 8.93. The molecule has 0 N–H and O–H groups in total. The van der Waals surface area contributed by atoms with Gasteiger partial charge in [0.25, 0.3) is 5.56 Å². The molecule has 180 valence electrons. The highest BCUT2D eigenvalue weighted by atomic mass is 19.4. The van der Waals surface area contributed by atoms with Crippen LogP contribution in [0, 0.1) is 12.7 Å². The number of aryl methyl sites for hydroxylation is 1. The molecule has 1 fully saturated rings. The number of hydrogen-bond donors (Lipinski definition) is 0. The van der Waals surface area contributed by atoms with Crippen molar-refractivity contribution in [2.45, 2.75) is 50.7 Å². The first kappa shape index (κ1) is 23.1. The van der Waals surface area contributed by atoms with Crippen LogP contribution in [0.3, 0.4) is 0 Å². The minimum atomic E-state index is -4.61. The first-order valence-electron chi connectivity index (χ1n) is 11.3. The highest BCUT2D eigenvalue weighted by Crippen LogP contribution is 2.44. The first-order chi connectivity index (χ1) is 16.7. The van der Waals surface area contributed by atoms with E-state index in [1.165, 1.54) is 35.3 Å². The van der Waals surface area contributed by atoms with E-state index in [9.17, 15) is 22.4 Å². The molecule has 0 radical (unpaired) electrons. The maximum absolute atomic E-state index is 14.6. The highest BCUT2D eigenvalue weighted by Gasteiger charge is 2.35. The van der Waals surface area contributed by atoms with Gasteiger partial charge >= 0.3 is 6.18 Å². The van der Waals surface area contributed by atoms with Crippen molar-refractivity contribution in [2.24, 2.45) is 0 Å². The van der Waals surface area contributed by atoms with Gasteiger partial charge in [-0.15, -0.1) is 0 Å². The molecule has 0 spiro atoms. The smallest absolute Gasteiger partial charge is 0.285 e. The van der Waals surface area contributed by atoms with Gasteiger partial charge in [-0.3, -0.25) is 19.3 Å². The Morgan fingerprint density at radius 1 is 1.00 bits per heavy atom. The van der Waals surface area contributed by atoms with E-state index in [4.69, 9.17) is 0 Å². The Labute approximate surface area is 198 Å². The molecule has 3 heterocycles. The fourth-order valence-corrected chi connectivity index (χ4v) is 5.21. The van der Waals surface area contributed by atoms with Gasteiger partial charge in [0, 0.05) is 24.2 Å². The fraction of sp³-hybridized carbons (Fsp3) is 0.308. The first-order valence-corrected chi connectivity index (χ1v) is 11.3. The van der Waals surface area contributed by atoms with E-state index >= 15 is 0 Å². The van der Waals surface area contributed by atoms with E-state index < -0.39 is 17.3 Å². The molecule has 1 aliphatic carbocycles. The van der Waals surface area contributed by atoms with Gasteiger partial charge in [-0.05, 0) is 73.4 Å². The van der Waals surface area contributed by atoms with Crippen LogP contribution in [-0.2, 0) is 12.7 Å². The van der Waals surface area contributed by atoms with Crippen molar-refractivity contribution < 1.29 is 17.6 Å². The molecular formula is C26H22F4N4O. The summed E-state index contributed by atoms with van der Waals surface area (Å²) >= 11 is 0. The number of hydrogen-bond acceptors (Lipinski definition) is 4. The van der Waals surface area contributed by atoms with Crippen LogP contribution in [0.1, 0.15) is 59.0 Å². The SMILES string of the molecule is Cc1cccc(F)c1[C@H]1CC[C@@H](c2cc3nccnc3n(Cc3ncccc3C(F)(F)F)c2=O)C1. The van der Waals surface area contributed by atoms with Gasteiger partial charge in [0.2, 0.25) is 0 Å². The number of fused-ring (bicyclic) bond motifs is 1. The summed E-state index contributed by atoms with van der Waals surface area (Å²) in [4.78, 5) is 26.1. The number of benzene rings is 1. The third kappa shape index (κ3) is 4.31. The zero-order chi connectivity index (χ0) is 24.7. The van der Waals surface area contributed by atoms with Crippen LogP contribution >= 0.6 is 0 Å². The number of rotatable bonds is 4. The van der Waals surface area contributed by atoms with E-state index in [-0.39, 0.29) is 35.5 Å². The molecule has 0 unspecified atom stereocenters. The third-order valence-electron chi connectivity index (χ3n) is 6.80. The zero-order valence-electron chi connectivity index (χ0n) is 18.9. The molecule has 1 aromatic carbocycles. The highest BCUT2D eigenvalue weighted by molar-refractivity contribution is 5.71. The monoisotopic (exact) mass is 482 g/mol. The van der Waals surface area contributed by atoms with Crippen LogP contribution in [0.2, 0.25) is 0 Å². The van der Waals surface area contributed by atoms with Crippen LogP contribution in [-0.4, -0.2) is 19.5 Å². The van der Waals surface area contributed by atoms with E-state index in [0.29, 0.717) is 35.9 Å². The predicted molar refractivity (Wildman–Crippen MR) is 123 cm³/mol. The van der Waals surface area contributed by atoms with E-state index in [1.807, 2.05) is 13.0 Å². The van der Waals surface area contributed by atoms with E-state index in [2.05, 4.69) is 15.0 Å². The standard InChI is InChI=1S/C26H22F4N4O/c1-15-4-2-6-20(27)23(15)17-8-7-16(12-17)18-13-21-24(33-11-10-32-21)34(25(18)35)14-22-19(26(28,29)30)5-3-9-31-22/h2-6,9-11,13,16-17H,7-8,12,14H2,1H3/t16-,17+/m1/s1. The molecule has 3 aromatic heterocycles. The molecule has 0 amide bonds. The minimum absolute atomic E-state index is 0.0424. The van der Waals surface area contributed by atoms with Crippen molar-refractivity contribution in [3.05, 3.63) is 99.1 Å². The Bertz CT molecular complexity index is 1440. The molecule has 0 bridgehead atoms. The number of aromatic nitrogens is 4. The lowest BCUT2D eigenvalue weighted by molar-refractivity contribution is -0.138. The average Bonchev–Trinajstić information content (AvgIpc) is 3.29. The zero-order valence-corrected chi connectivity index (χ0v) is 18.9.